The molecule has 0 aromatic heterocycles. The normalized spacial score (nSPS) is 10.6. The van der Waals surface area contributed by atoms with Crippen LogP contribution in [0.2, 0.25) is 0 Å². The highest BCUT2D eigenvalue weighted by atomic mass is 127. The molecule has 0 heterocycles. The van der Waals surface area contributed by atoms with Gasteiger partial charge in [-0.3, -0.25) is 9.79 Å². The predicted molar refractivity (Wildman–Crippen MR) is 116 cm³/mol. The van der Waals surface area contributed by atoms with Crippen molar-refractivity contribution in [3.63, 3.8) is 0 Å². The van der Waals surface area contributed by atoms with Crippen molar-refractivity contribution in [2.75, 3.05) is 55.5 Å². The van der Waals surface area contributed by atoms with Gasteiger partial charge in [0, 0.05) is 47.7 Å². The van der Waals surface area contributed by atoms with Gasteiger partial charge in [0.1, 0.15) is 0 Å². The number of nitrogens with zero attached hydrogens (tertiary/aromatic N) is 3. The SMILES string of the molecule is CN=C(NCCC(=O)N(C)C)N(C)CCc1ccc(OC)c(OC)c1.I. The molecule has 0 atom stereocenters. The number of rotatable bonds is 8. The van der Waals surface area contributed by atoms with E-state index in [1.807, 2.05) is 30.1 Å². The second kappa shape index (κ2) is 12.6. The number of carbonyl (C=O) groups is 1. The largest absolute Gasteiger partial charge is 0.493 e. The number of likely N-dealkylation sites (N-methyl/N-ethyl adjacent to an activating group) is 1. The molecule has 0 bridgehead atoms. The summed E-state index contributed by atoms with van der Waals surface area (Å²) in [5, 5.41) is 3.22. The minimum absolute atomic E-state index is 0. The highest BCUT2D eigenvalue weighted by Gasteiger charge is 2.09. The third-order valence-corrected chi connectivity index (χ3v) is 3.88. The Labute approximate surface area is 173 Å². The van der Waals surface area contributed by atoms with Crippen molar-refractivity contribution in [1.29, 1.82) is 0 Å². The van der Waals surface area contributed by atoms with Gasteiger partial charge in [0.25, 0.3) is 0 Å². The molecule has 0 fully saturated rings. The molecule has 8 heteroatoms. The number of guanidine groups is 1. The van der Waals surface area contributed by atoms with E-state index >= 15 is 0 Å². The molecule has 0 radical (unpaired) electrons. The number of hydrogen-bond acceptors (Lipinski definition) is 4. The van der Waals surface area contributed by atoms with Gasteiger partial charge in [-0.25, -0.2) is 0 Å². The lowest BCUT2D eigenvalue weighted by molar-refractivity contribution is -0.128. The molecule has 1 aromatic carbocycles. The number of methoxy groups -OCH3 is 2. The van der Waals surface area contributed by atoms with Crippen LogP contribution in [0.3, 0.4) is 0 Å². The fourth-order valence-electron chi connectivity index (χ4n) is 2.33. The van der Waals surface area contributed by atoms with Gasteiger partial charge >= 0.3 is 0 Å². The Hall–Kier alpha value is -1.71. The number of aliphatic imine (C=N–C) groups is 1. The molecule has 26 heavy (non-hydrogen) atoms. The number of nitrogens with one attached hydrogen (secondary N) is 1. The first-order chi connectivity index (χ1) is 11.9. The maximum atomic E-state index is 11.6. The molecule has 0 saturated carbocycles. The molecule has 0 saturated heterocycles. The molecule has 0 aliphatic rings. The number of halogens is 1. The van der Waals surface area contributed by atoms with Gasteiger partial charge in [-0.05, 0) is 24.1 Å². The lowest BCUT2D eigenvalue weighted by atomic mass is 10.1. The Morgan fingerprint density at radius 1 is 1.15 bits per heavy atom. The van der Waals surface area contributed by atoms with E-state index in [2.05, 4.69) is 10.3 Å². The fourth-order valence-corrected chi connectivity index (χ4v) is 2.33. The summed E-state index contributed by atoms with van der Waals surface area (Å²) in [7, 11) is 10.5. The van der Waals surface area contributed by atoms with Crippen molar-refractivity contribution >= 4 is 35.8 Å². The zero-order chi connectivity index (χ0) is 18.8. The van der Waals surface area contributed by atoms with Gasteiger partial charge in [-0.2, -0.15) is 0 Å². The van der Waals surface area contributed by atoms with E-state index in [-0.39, 0.29) is 29.9 Å². The van der Waals surface area contributed by atoms with E-state index in [1.54, 1.807) is 40.3 Å². The summed E-state index contributed by atoms with van der Waals surface area (Å²) in [6.07, 6.45) is 1.28. The molecule has 1 aromatic rings. The monoisotopic (exact) mass is 478 g/mol. The summed E-state index contributed by atoms with van der Waals surface area (Å²) in [6, 6.07) is 5.92. The fraction of sp³-hybridized carbons (Fsp3) is 0.556. The molecule has 0 spiro atoms. The van der Waals surface area contributed by atoms with Crippen molar-refractivity contribution < 1.29 is 14.3 Å². The molecular weight excluding hydrogens is 447 g/mol. The first kappa shape index (κ1) is 24.3. The summed E-state index contributed by atoms with van der Waals surface area (Å²) in [5.41, 5.74) is 1.16. The smallest absolute Gasteiger partial charge is 0.223 e. The Morgan fingerprint density at radius 3 is 2.35 bits per heavy atom. The van der Waals surface area contributed by atoms with Crippen LogP contribution in [0.25, 0.3) is 0 Å². The minimum atomic E-state index is 0. The van der Waals surface area contributed by atoms with Gasteiger partial charge in [0.05, 0.1) is 14.2 Å². The topological polar surface area (TPSA) is 66.4 Å². The molecular formula is C18H31IN4O3. The van der Waals surface area contributed by atoms with E-state index in [9.17, 15) is 4.79 Å². The van der Waals surface area contributed by atoms with Crippen LogP contribution < -0.4 is 14.8 Å². The minimum Gasteiger partial charge on any atom is -0.493 e. The van der Waals surface area contributed by atoms with Crippen LogP contribution >= 0.6 is 24.0 Å². The quantitative estimate of drug-likeness (QED) is 0.351. The van der Waals surface area contributed by atoms with Crippen LogP contribution in [0, 0.1) is 0 Å². The van der Waals surface area contributed by atoms with Gasteiger partial charge in [-0.15, -0.1) is 24.0 Å². The third-order valence-electron chi connectivity index (χ3n) is 3.88. The van der Waals surface area contributed by atoms with Crippen molar-refractivity contribution in [2.24, 2.45) is 4.99 Å². The summed E-state index contributed by atoms with van der Waals surface area (Å²) >= 11 is 0. The van der Waals surface area contributed by atoms with Crippen LogP contribution in [0.4, 0.5) is 0 Å². The van der Waals surface area contributed by atoms with E-state index in [1.165, 1.54) is 0 Å². The van der Waals surface area contributed by atoms with Crippen LogP contribution in [0.1, 0.15) is 12.0 Å². The van der Waals surface area contributed by atoms with Gasteiger partial charge < -0.3 is 24.6 Å². The average Bonchev–Trinajstić information content (AvgIpc) is 2.62. The van der Waals surface area contributed by atoms with Crippen molar-refractivity contribution in [1.82, 2.24) is 15.1 Å². The summed E-state index contributed by atoms with van der Waals surface area (Å²) in [6.45, 7) is 1.35. The predicted octanol–water partition coefficient (Wildman–Crippen LogP) is 1.85. The molecule has 7 nitrogen and oxygen atoms in total. The summed E-state index contributed by atoms with van der Waals surface area (Å²) in [5.74, 6) is 2.32. The molecule has 0 unspecified atom stereocenters. The van der Waals surface area contributed by atoms with Crippen LogP contribution in [0.5, 0.6) is 11.5 Å². The van der Waals surface area contributed by atoms with Gasteiger partial charge in [0.15, 0.2) is 17.5 Å². The average molecular weight is 478 g/mol. The molecule has 1 N–H and O–H groups in total. The highest BCUT2D eigenvalue weighted by molar-refractivity contribution is 14.0. The molecule has 1 rings (SSSR count). The lowest BCUT2D eigenvalue weighted by Crippen LogP contribution is -2.41. The standard InChI is InChI=1S/C18H30N4O3.HI/c1-19-18(20-11-9-17(23)21(2)3)22(4)12-10-14-7-8-15(24-5)16(13-14)25-6;/h7-8,13H,9-12H2,1-6H3,(H,19,20);1H. The molecule has 1 amide bonds. The first-order valence-electron chi connectivity index (χ1n) is 8.25. The van der Waals surface area contributed by atoms with Crippen molar-refractivity contribution in [3.05, 3.63) is 23.8 Å². The number of amides is 1. The van der Waals surface area contributed by atoms with Crippen molar-refractivity contribution in [2.45, 2.75) is 12.8 Å². The Kier molecular flexibility index (Phi) is 11.8. The second-order valence-electron chi connectivity index (χ2n) is 5.87. The van der Waals surface area contributed by atoms with Crippen LogP contribution in [-0.4, -0.2) is 77.2 Å². The molecule has 0 aliphatic carbocycles. The molecule has 148 valence electrons. The summed E-state index contributed by atoms with van der Waals surface area (Å²) < 4.78 is 10.6. The van der Waals surface area contributed by atoms with E-state index in [4.69, 9.17) is 9.47 Å². The zero-order valence-electron chi connectivity index (χ0n) is 16.5. The Bertz CT molecular complexity index is 594. The first-order valence-corrected chi connectivity index (χ1v) is 8.25. The van der Waals surface area contributed by atoms with Crippen molar-refractivity contribution in [3.8, 4) is 11.5 Å². The maximum Gasteiger partial charge on any atom is 0.223 e. The third kappa shape index (κ3) is 7.67. The maximum absolute atomic E-state index is 11.6. The number of hydrogen-bond donors (Lipinski definition) is 1. The van der Waals surface area contributed by atoms with Crippen LogP contribution in [0.15, 0.2) is 23.2 Å². The Balaban J connectivity index is 0.00000625. The molecule has 0 aliphatic heterocycles. The van der Waals surface area contributed by atoms with E-state index in [0.29, 0.717) is 13.0 Å². The van der Waals surface area contributed by atoms with E-state index < -0.39 is 0 Å². The van der Waals surface area contributed by atoms with E-state index in [0.717, 1.165) is 36.0 Å². The summed E-state index contributed by atoms with van der Waals surface area (Å²) in [4.78, 5) is 19.5. The number of carbonyl (C=O) groups excluding carboxylic acids is 1. The highest BCUT2D eigenvalue weighted by Crippen LogP contribution is 2.27. The zero-order valence-corrected chi connectivity index (χ0v) is 18.9. The number of ether oxygens (including phenoxy) is 2. The van der Waals surface area contributed by atoms with Gasteiger partial charge in [0.2, 0.25) is 5.91 Å². The number of benzene rings is 1. The Morgan fingerprint density at radius 2 is 1.81 bits per heavy atom. The second-order valence-corrected chi connectivity index (χ2v) is 5.87. The van der Waals surface area contributed by atoms with Gasteiger partial charge in [-0.1, -0.05) is 6.07 Å². The van der Waals surface area contributed by atoms with Crippen LogP contribution in [-0.2, 0) is 11.2 Å². The lowest BCUT2D eigenvalue weighted by Gasteiger charge is -2.22.